The molecule has 0 saturated carbocycles. The van der Waals surface area contributed by atoms with Crippen LogP contribution in [0.25, 0.3) is 5.70 Å². The number of aryl methyl sites for hydroxylation is 2. The molecule has 3 N–H and O–H groups in total. The second-order valence-corrected chi connectivity index (χ2v) is 10.0. The van der Waals surface area contributed by atoms with E-state index < -0.39 is 0 Å². The molecule has 2 aliphatic rings. The van der Waals surface area contributed by atoms with Gasteiger partial charge in [-0.05, 0) is 66.6 Å². The molecule has 1 atom stereocenters. The highest BCUT2D eigenvalue weighted by Gasteiger charge is 2.26. The number of nitrogens with two attached hydrogens (primary N) is 1. The van der Waals surface area contributed by atoms with Crippen LogP contribution in [0.15, 0.2) is 72.8 Å². The maximum absolute atomic E-state index is 13.3. The standard InChI is InChI=1S/C31H40N4O.CH4/c1-23-20-28(21-24(2)31(23)32)25(3)33-14-15-34-16-18-35(19-17-34)30(36)22-29(26-10-6-4-7-11-26)27-12-8-5-9-13-27;/h4,6-8,10-13,20-21,29,33H,3,5,9,14-19,22,32H2,1-2H3;1H4. The second kappa shape index (κ2) is 13.3. The molecule has 2 aromatic rings. The van der Waals surface area contributed by atoms with E-state index in [1.54, 1.807) is 0 Å². The minimum absolute atomic E-state index is 0. The summed E-state index contributed by atoms with van der Waals surface area (Å²) in [5.41, 5.74) is 13.6. The van der Waals surface area contributed by atoms with E-state index in [2.05, 4.69) is 71.4 Å². The van der Waals surface area contributed by atoms with Crippen LogP contribution in [0, 0.1) is 13.8 Å². The molecule has 1 heterocycles. The van der Waals surface area contributed by atoms with Gasteiger partial charge in [0.15, 0.2) is 0 Å². The first-order valence-corrected chi connectivity index (χ1v) is 13.1. The van der Waals surface area contributed by atoms with Crippen LogP contribution in [0.3, 0.4) is 0 Å². The minimum Gasteiger partial charge on any atom is -0.398 e. The lowest BCUT2D eigenvalue weighted by Crippen LogP contribution is -2.50. The number of nitrogens with zero attached hydrogens (tertiary/aromatic N) is 2. The molecule has 2 aromatic carbocycles. The topological polar surface area (TPSA) is 61.6 Å². The number of allylic oxidation sites excluding steroid dienone is 4. The number of amides is 1. The van der Waals surface area contributed by atoms with Crippen LogP contribution < -0.4 is 11.1 Å². The Labute approximate surface area is 223 Å². The number of hydrogen-bond acceptors (Lipinski definition) is 4. The van der Waals surface area contributed by atoms with Crippen LogP contribution in [0.2, 0.25) is 0 Å². The molecular weight excluding hydrogens is 456 g/mol. The van der Waals surface area contributed by atoms with Crippen molar-refractivity contribution in [1.29, 1.82) is 0 Å². The molecule has 0 spiro atoms. The van der Waals surface area contributed by atoms with Crippen LogP contribution in [0.5, 0.6) is 0 Å². The van der Waals surface area contributed by atoms with Gasteiger partial charge < -0.3 is 16.0 Å². The SMILES string of the molecule is C.C=C(NCCN1CCN(C(=O)CC(C2=CCCC=C2)c2ccccc2)CC1)c1cc(C)c(N)c(C)c1. The monoisotopic (exact) mass is 500 g/mol. The molecule has 1 saturated heterocycles. The van der Waals surface area contributed by atoms with Crippen LogP contribution in [0.4, 0.5) is 5.69 Å². The lowest BCUT2D eigenvalue weighted by Gasteiger charge is -2.35. The van der Waals surface area contributed by atoms with E-state index in [1.807, 2.05) is 24.8 Å². The number of carbonyl (C=O) groups is 1. The predicted octanol–water partition coefficient (Wildman–Crippen LogP) is 5.68. The summed E-state index contributed by atoms with van der Waals surface area (Å²) in [7, 11) is 0. The van der Waals surface area contributed by atoms with Crippen LogP contribution in [-0.4, -0.2) is 55.0 Å². The normalized spacial score (nSPS) is 16.5. The van der Waals surface area contributed by atoms with Gasteiger partial charge in [-0.3, -0.25) is 9.69 Å². The van der Waals surface area contributed by atoms with Gasteiger partial charge in [0.05, 0.1) is 0 Å². The molecule has 1 fully saturated rings. The Balaban J connectivity index is 0.00000380. The Hall–Kier alpha value is -3.31. The van der Waals surface area contributed by atoms with Crippen molar-refractivity contribution in [3.63, 3.8) is 0 Å². The summed E-state index contributed by atoms with van der Waals surface area (Å²) in [6.45, 7) is 13.4. The fourth-order valence-corrected chi connectivity index (χ4v) is 5.15. The molecule has 0 bridgehead atoms. The molecule has 1 unspecified atom stereocenters. The summed E-state index contributed by atoms with van der Waals surface area (Å²) in [5.74, 6) is 0.382. The third-order valence-electron chi connectivity index (χ3n) is 7.44. The van der Waals surface area contributed by atoms with Gasteiger partial charge in [0.2, 0.25) is 5.91 Å². The fraction of sp³-hybridized carbons (Fsp3) is 0.406. The molecule has 37 heavy (non-hydrogen) atoms. The number of nitrogen functional groups attached to an aromatic ring is 1. The average molecular weight is 501 g/mol. The molecule has 1 amide bonds. The van der Waals surface area contributed by atoms with Gasteiger partial charge in [0.25, 0.3) is 0 Å². The zero-order valence-corrected chi connectivity index (χ0v) is 21.8. The van der Waals surface area contributed by atoms with Crippen molar-refractivity contribution in [2.75, 3.05) is 45.0 Å². The highest BCUT2D eigenvalue weighted by atomic mass is 16.2. The Bertz CT molecular complexity index is 1100. The van der Waals surface area contributed by atoms with Crippen molar-refractivity contribution in [3.05, 3.63) is 95.1 Å². The summed E-state index contributed by atoms with van der Waals surface area (Å²) < 4.78 is 0. The van der Waals surface area contributed by atoms with E-state index >= 15 is 0 Å². The summed E-state index contributed by atoms with van der Waals surface area (Å²) in [6.07, 6.45) is 9.41. The summed E-state index contributed by atoms with van der Waals surface area (Å²) in [4.78, 5) is 17.8. The number of anilines is 1. The van der Waals surface area contributed by atoms with E-state index in [9.17, 15) is 4.79 Å². The van der Waals surface area contributed by atoms with Gasteiger partial charge in [0, 0.05) is 63.0 Å². The third-order valence-corrected chi connectivity index (χ3v) is 7.44. The largest absolute Gasteiger partial charge is 0.398 e. The third kappa shape index (κ3) is 7.36. The lowest BCUT2D eigenvalue weighted by atomic mass is 9.85. The molecule has 5 heteroatoms. The van der Waals surface area contributed by atoms with Crippen LogP contribution >= 0.6 is 0 Å². The van der Waals surface area contributed by atoms with Crippen molar-refractivity contribution >= 4 is 17.3 Å². The number of benzene rings is 2. The molecular formula is C32H44N4O. The lowest BCUT2D eigenvalue weighted by molar-refractivity contribution is -0.133. The fourth-order valence-electron chi connectivity index (χ4n) is 5.15. The van der Waals surface area contributed by atoms with Crippen molar-refractivity contribution in [2.45, 2.75) is 46.5 Å². The first-order valence-electron chi connectivity index (χ1n) is 13.1. The zero-order valence-electron chi connectivity index (χ0n) is 21.8. The van der Waals surface area contributed by atoms with Crippen molar-refractivity contribution in [3.8, 4) is 0 Å². The quantitative estimate of drug-likeness (QED) is 0.435. The molecule has 5 nitrogen and oxygen atoms in total. The number of piperazine rings is 1. The molecule has 4 rings (SSSR count). The Kier molecular flexibility index (Phi) is 10.2. The molecule has 1 aliphatic carbocycles. The van der Waals surface area contributed by atoms with Gasteiger partial charge in [-0.15, -0.1) is 0 Å². The molecule has 198 valence electrons. The van der Waals surface area contributed by atoms with Gasteiger partial charge in [-0.2, -0.15) is 0 Å². The van der Waals surface area contributed by atoms with E-state index in [4.69, 9.17) is 5.73 Å². The van der Waals surface area contributed by atoms with E-state index in [-0.39, 0.29) is 19.3 Å². The molecule has 0 radical (unpaired) electrons. The summed E-state index contributed by atoms with van der Waals surface area (Å²) in [5, 5.41) is 3.46. The van der Waals surface area contributed by atoms with Crippen molar-refractivity contribution < 1.29 is 4.79 Å². The minimum atomic E-state index is 0. The highest BCUT2D eigenvalue weighted by Crippen LogP contribution is 2.32. The number of rotatable bonds is 9. The first-order chi connectivity index (χ1) is 17.4. The van der Waals surface area contributed by atoms with Gasteiger partial charge >= 0.3 is 0 Å². The van der Waals surface area contributed by atoms with Gasteiger partial charge in [-0.25, -0.2) is 0 Å². The van der Waals surface area contributed by atoms with Crippen molar-refractivity contribution in [1.82, 2.24) is 15.1 Å². The maximum Gasteiger partial charge on any atom is 0.223 e. The second-order valence-electron chi connectivity index (χ2n) is 10.0. The highest BCUT2D eigenvalue weighted by molar-refractivity contribution is 5.78. The summed E-state index contributed by atoms with van der Waals surface area (Å²) in [6, 6.07) is 14.6. The number of nitrogens with one attached hydrogen (secondary N) is 1. The molecule has 1 aliphatic heterocycles. The van der Waals surface area contributed by atoms with Crippen LogP contribution in [-0.2, 0) is 4.79 Å². The number of hydrogen-bond donors (Lipinski definition) is 2. The Morgan fingerprint density at radius 1 is 1.05 bits per heavy atom. The molecule has 0 aromatic heterocycles. The first kappa shape index (κ1) is 28.3. The van der Waals surface area contributed by atoms with E-state index in [1.165, 1.54) is 11.1 Å². The Morgan fingerprint density at radius 3 is 2.35 bits per heavy atom. The van der Waals surface area contributed by atoms with Gasteiger partial charge in [0.1, 0.15) is 0 Å². The smallest absolute Gasteiger partial charge is 0.223 e. The average Bonchev–Trinajstić information content (AvgIpc) is 2.91. The Morgan fingerprint density at radius 2 is 1.73 bits per heavy atom. The maximum atomic E-state index is 13.3. The van der Waals surface area contributed by atoms with E-state index in [0.717, 1.165) is 80.2 Å². The predicted molar refractivity (Wildman–Crippen MR) is 157 cm³/mol. The van der Waals surface area contributed by atoms with Gasteiger partial charge in [-0.1, -0.05) is 62.6 Å². The van der Waals surface area contributed by atoms with Crippen LogP contribution in [0.1, 0.15) is 54.9 Å². The van der Waals surface area contributed by atoms with E-state index in [0.29, 0.717) is 6.42 Å². The van der Waals surface area contributed by atoms with Crippen molar-refractivity contribution in [2.24, 2.45) is 0 Å². The zero-order chi connectivity index (χ0) is 25.5. The summed E-state index contributed by atoms with van der Waals surface area (Å²) >= 11 is 0. The number of carbonyl (C=O) groups excluding carboxylic acids is 1.